The summed E-state index contributed by atoms with van der Waals surface area (Å²) in [5.74, 6) is 1.26. The molecule has 2 aromatic carbocycles. The van der Waals surface area contributed by atoms with Crippen molar-refractivity contribution < 1.29 is 9.21 Å². The third-order valence-electron chi connectivity index (χ3n) is 4.52. The lowest BCUT2D eigenvalue weighted by atomic mass is 10.2. The minimum absolute atomic E-state index is 0.148. The van der Waals surface area contributed by atoms with Crippen LogP contribution >= 0.6 is 35.0 Å². The number of rotatable bonds is 6. The lowest BCUT2D eigenvalue weighted by Gasteiger charge is -2.08. The Balaban J connectivity index is 1.49. The first-order valence-corrected chi connectivity index (χ1v) is 11.0. The van der Waals surface area contributed by atoms with E-state index in [1.165, 1.54) is 11.8 Å². The van der Waals surface area contributed by atoms with Gasteiger partial charge in [0.25, 0.3) is 0 Å². The quantitative estimate of drug-likeness (QED) is 0.354. The molecule has 30 heavy (non-hydrogen) atoms. The molecule has 0 aliphatic rings. The van der Waals surface area contributed by atoms with Gasteiger partial charge in [-0.15, -0.1) is 10.2 Å². The predicted molar refractivity (Wildman–Crippen MR) is 121 cm³/mol. The van der Waals surface area contributed by atoms with E-state index in [4.69, 9.17) is 27.6 Å². The van der Waals surface area contributed by atoms with Crippen LogP contribution in [0, 0.1) is 6.92 Å². The van der Waals surface area contributed by atoms with Gasteiger partial charge in [0.2, 0.25) is 11.7 Å². The van der Waals surface area contributed by atoms with Crippen molar-refractivity contribution in [3.63, 3.8) is 0 Å². The van der Waals surface area contributed by atoms with Gasteiger partial charge in [-0.05, 0) is 55.8 Å². The Bertz CT molecular complexity index is 1240. The van der Waals surface area contributed by atoms with Crippen molar-refractivity contribution in [2.24, 2.45) is 0 Å². The van der Waals surface area contributed by atoms with E-state index in [1.54, 1.807) is 12.1 Å². The molecule has 0 radical (unpaired) electrons. The largest absolute Gasteiger partial charge is 0.453 e. The zero-order chi connectivity index (χ0) is 21.3. The molecule has 9 heteroatoms. The molecule has 1 amide bonds. The van der Waals surface area contributed by atoms with Gasteiger partial charge in [0, 0.05) is 27.7 Å². The van der Waals surface area contributed by atoms with Gasteiger partial charge < -0.3 is 9.73 Å². The van der Waals surface area contributed by atoms with Gasteiger partial charge in [0.05, 0.1) is 5.75 Å². The summed E-state index contributed by atoms with van der Waals surface area (Å²) in [7, 11) is 0. The number of aromatic nitrogens is 3. The number of carbonyl (C=O) groups is 1. The van der Waals surface area contributed by atoms with Crippen molar-refractivity contribution in [2.45, 2.75) is 25.5 Å². The summed E-state index contributed by atoms with van der Waals surface area (Å²) >= 11 is 13.5. The summed E-state index contributed by atoms with van der Waals surface area (Å²) in [5, 5.41) is 14.2. The third kappa shape index (κ3) is 4.33. The van der Waals surface area contributed by atoms with Crippen LogP contribution in [0.1, 0.15) is 12.5 Å². The fourth-order valence-electron chi connectivity index (χ4n) is 2.98. The van der Waals surface area contributed by atoms with Crippen LogP contribution < -0.4 is 5.32 Å². The van der Waals surface area contributed by atoms with Crippen molar-refractivity contribution >= 4 is 57.5 Å². The summed E-state index contributed by atoms with van der Waals surface area (Å²) in [6.07, 6.45) is 0. The fourth-order valence-corrected chi connectivity index (χ4v) is 4.15. The zero-order valence-electron chi connectivity index (χ0n) is 16.3. The van der Waals surface area contributed by atoms with E-state index in [2.05, 4.69) is 15.5 Å². The van der Waals surface area contributed by atoms with Crippen LogP contribution in [0.25, 0.3) is 22.6 Å². The molecular weight excluding hydrogens is 443 g/mol. The van der Waals surface area contributed by atoms with E-state index in [0.29, 0.717) is 39.0 Å². The molecule has 0 spiro atoms. The molecule has 0 unspecified atom stereocenters. The smallest absolute Gasteiger partial charge is 0.234 e. The van der Waals surface area contributed by atoms with Gasteiger partial charge >= 0.3 is 0 Å². The summed E-state index contributed by atoms with van der Waals surface area (Å²) in [6, 6.07) is 12.8. The number of nitrogens with one attached hydrogen (secondary N) is 1. The number of nitrogens with zero attached hydrogens (tertiary/aromatic N) is 3. The van der Waals surface area contributed by atoms with E-state index >= 15 is 0 Å². The second kappa shape index (κ2) is 8.71. The number of carbonyl (C=O) groups excluding carboxylic acids is 1. The molecule has 1 N–H and O–H groups in total. The summed E-state index contributed by atoms with van der Waals surface area (Å²) in [6.45, 7) is 4.54. The molecule has 154 valence electrons. The zero-order valence-corrected chi connectivity index (χ0v) is 18.6. The number of anilines is 1. The van der Waals surface area contributed by atoms with Crippen LogP contribution in [-0.2, 0) is 11.3 Å². The number of amides is 1. The number of aryl methyl sites for hydroxylation is 1. The highest BCUT2D eigenvalue weighted by atomic mass is 35.5. The monoisotopic (exact) mass is 460 g/mol. The topological polar surface area (TPSA) is 73.0 Å². The van der Waals surface area contributed by atoms with Gasteiger partial charge in [-0.1, -0.05) is 41.0 Å². The fraction of sp³-hybridized carbons (Fsp3) is 0.190. The Morgan fingerprint density at radius 2 is 2.00 bits per heavy atom. The van der Waals surface area contributed by atoms with Gasteiger partial charge in [-0.3, -0.25) is 9.36 Å². The highest BCUT2D eigenvalue weighted by Gasteiger charge is 2.18. The normalized spacial score (nSPS) is 11.2. The number of hydrogen-bond donors (Lipinski definition) is 1. The number of fused-ring (bicyclic) bond motifs is 1. The molecule has 4 rings (SSSR count). The first-order valence-electron chi connectivity index (χ1n) is 9.26. The number of thioether (sulfide) groups is 1. The predicted octanol–water partition coefficient (Wildman–Crippen LogP) is 6.06. The van der Waals surface area contributed by atoms with E-state index in [9.17, 15) is 4.79 Å². The first kappa shape index (κ1) is 20.8. The molecule has 0 saturated carbocycles. The van der Waals surface area contributed by atoms with Gasteiger partial charge in [0.15, 0.2) is 10.9 Å². The SMILES string of the molecule is CCn1c(SCC(=O)Nc2ccc(C)c(Cl)c2)nnc1-c1cc2cc(Cl)ccc2o1. The molecule has 2 heterocycles. The number of hydrogen-bond acceptors (Lipinski definition) is 5. The molecule has 0 fully saturated rings. The van der Waals surface area contributed by atoms with Crippen LogP contribution in [0.15, 0.2) is 52.0 Å². The first-order chi connectivity index (χ1) is 14.4. The van der Waals surface area contributed by atoms with Crippen LogP contribution in [-0.4, -0.2) is 26.4 Å². The lowest BCUT2D eigenvalue weighted by molar-refractivity contribution is -0.113. The van der Waals surface area contributed by atoms with Crippen molar-refractivity contribution in [3.05, 3.63) is 58.1 Å². The second-order valence-electron chi connectivity index (χ2n) is 6.64. The molecule has 0 bridgehead atoms. The number of halogens is 2. The van der Waals surface area contributed by atoms with E-state index in [0.717, 1.165) is 16.5 Å². The molecule has 0 aliphatic carbocycles. The van der Waals surface area contributed by atoms with Crippen LogP contribution in [0.2, 0.25) is 10.0 Å². The Labute approximate surface area is 187 Å². The van der Waals surface area contributed by atoms with E-state index in [1.807, 2.05) is 48.7 Å². The molecule has 0 saturated heterocycles. The number of benzene rings is 2. The van der Waals surface area contributed by atoms with Crippen LogP contribution in [0.5, 0.6) is 0 Å². The Morgan fingerprint density at radius 3 is 2.77 bits per heavy atom. The van der Waals surface area contributed by atoms with Crippen molar-refractivity contribution in [3.8, 4) is 11.6 Å². The molecule has 6 nitrogen and oxygen atoms in total. The minimum atomic E-state index is -0.148. The van der Waals surface area contributed by atoms with Crippen LogP contribution in [0.3, 0.4) is 0 Å². The minimum Gasteiger partial charge on any atom is -0.453 e. The second-order valence-corrected chi connectivity index (χ2v) is 8.43. The van der Waals surface area contributed by atoms with Crippen LogP contribution in [0.4, 0.5) is 5.69 Å². The van der Waals surface area contributed by atoms with Crippen molar-refractivity contribution in [1.29, 1.82) is 0 Å². The standard InChI is InChI=1S/C21H18Cl2N4O2S/c1-3-27-20(18-9-13-8-14(22)5-7-17(13)29-18)25-26-21(27)30-11-19(28)24-15-6-4-12(2)16(23)10-15/h4-10H,3,11H2,1-2H3,(H,24,28). The Kier molecular flexibility index (Phi) is 6.04. The highest BCUT2D eigenvalue weighted by molar-refractivity contribution is 7.99. The van der Waals surface area contributed by atoms with Gasteiger partial charge in [-0.2, -0.15) is 0 Å². The van der Waals surface area contributed by atoms with Crippen molar-refractivity contribution in [1.82, 2.24) is 14.8 Å². The maximum Gasteiger partial charge on any atom is 0.234 e. The molecule has 2 aromatic heterocycles. The maximum atomic E-state index is 12.3. The van der Waals surface area contributed by atoms with Gasteiger partial charge in [-0.25, -0.2) is 0 Å². The lowest BCUT2D eigenvalue weighted by Crippen LogP contribution is -2.14. The molecule has 0 atom stereocenters. The van der Waals surface area contributed by atoms with Gasteiger partial charge in [0.1, 0.15) is 5.58 Å². The molecule has 4 aromatic rings. The third-order valence-corrected chi connectivity index (χ3v) is 6.13. The Hall–Kier alpha value is -2.48. The summed E-state index contributed by atoms with van der Waals surface area (Å²) < 4.78 is 7.82. The number of furan rings is 1. The highest BCUT2D eigenvalue weighted by Crippen LogP contribution is 2.30. The van der Waals surface area contributed by atoms with E-state index in [-0.39, 0.29) is 11.7 Å². The molecule has 0 aliphatic heterocycles. The average Bonchev–Trinajstić information content (AvgIpc) is 3.32. The van der Waals surface area contributed by atoms with E-state index < -0.39 is 0 Å². The average molecular weight is 461 g/mol. The molecular formula is C21H18Cl2N4O2S. The Morgan fingerprint density at radius 1 is 1.17 bits per heavy atom. The maximum absolute atomic E-state index is 12.3. The summed E-state index contributed by atoms with van der Waals surface area (Å²) in [4.78, 5) is 12.3. The summed E-state index contributed by atoms with van der Waals surface area (Å²) in [5.41, 5.74) is 2.35. The van der Waals surface area contributed by atoms with Crippen molar-refractivity contribution in [2.75, 3.05) is 11.1 Å².